The quantitative estimate of drug-likeness (QED) is 0.664. The van der Waals surface area contributed by atoms with E-state index in [9.17, 15) is 22.0 Å². The number of nitrogens with zero attached hydrogens (tertiary/aromatic N) is 3. The highest BCUT2D eigenvalue weighted by Gasteiger charge is 2.35. The average molecular weight is 268 g/mol. The third kappa shape index (κ3) is 2.13. The molecule has 0 unspecified atom stereocenters. The highest BCUT2D eigenvalue weighted by molar-refractivity contribution is 5.82. The van der Waals surface area contributed by atoms with Gasteiger partial charge in [0.1, 0.15) is 11.0 Å². The van der Waals surface area contributed by atoms with E-state index < -0.39 is 23.9 Å². The van der Waals surface area contributed by atoms with Crippen LogP contribution in [0.15, 0.2) is 12.1 Å². The summed E-state index contributed by atoms with van der Waals surface area (Å²) >= 11 is 0. The van der Waals surface area contributed by atoms with Crippen molar-refractivity contribution in [2.75, 3.05) is 5.73 Å². The minimum atomic E-state index is -4.72. The lowest BCUT2D eigenvalue weighted by molar-refractivity contribution is -0.140. The number of hydrogen-bond donors (Lipinski definition) is 1. The molecule has 0 aliphatic rings. The predicted octanol–water partition coefficient (Wildman–Crippen LogP) is 1.68. The van der Waals surface area contributed by atoms with Crippen LogP contribution < -0.4 is 10.6 Å². The number of hydrogen-bond acceptors (Lipinski definition) is 4. The van der Waals surface area contributed by atoms with Gasteiger partial charge < -0.3 is 10.6 Å². The van der Waals surface area contributed by atoms with Crippen LogP contribution in [0.25, 0.3) is 11.0 Å². The smallest absolute Gasteiger partial charge is 0.399 e. The molecule has 0 aliphatic carbocycles. The molecule has 0 saturated carbocycles. The molecule has 10 heteroatoms. The lowest BCUT2D eigenvalue weighted by atomic mass is 10.1. The van der Waals surface area contributed by atoms with Crippen LogP contribution in [0.4, 0.5) is 27.6 Å². The van der Waals surface area contributed by atoms with Gasteiger partial charge in [0, 0.05) is 5.69 Å². The Hall–Kier alpha value is -2.13. The van der Waals surface area contributed by atoms with Crippen LogP contribution in [0.2, 0.25) is 0 Å². The SMILES string of the molecule is Nc1cc(C(F)(F)F)c2nnn(OC(F)F)c2c1. The second-order valence-electron chi connectivity index (χ2n) is 3.26. The molecular formula is C8H5F5N4O. The van der Waals surface area contributed by atoms with Crippen LogP contribution >= 0.6 is 0 Å². The molecule has 2 N–H and O–H groups in total. The summed E-state index contributed by atoms with van der Waals surface area (Å²) in [5, 5.41) is 6.22. The van der Waals surface area contributed by atoms with Crippen LogP contribution in [0.3, 0.4) is 0 Å². The van der Waals surface area contributed by atoms with Gasteiger partial charge in [-0.05, 0) is 17.3 Å². The molecule has 0 bridgehead atoms. The van der Waals surface area contributed by atoms with Crippen molar-refractivity contribution < 1.29 is 26.8 Å². The van der Waals surface area contributed by atoms with Crippen molar-refractivity contribution in [1.82, 2.24) is 15.2 Å². The first kappa shape index (κ1) is 12.3. The molecule has 1 aromatic carbocycles. The van der Waals surface area contributed by atoms with Crippen LogP contribution in [0.5, 0.6) is 0 Å². The second-order valence-corrected chi connectivity index (χ2v) is 3.26. The highest BCUT2D eigenvalue weighted by Crippen LogP contribution is 2.35. The van der Waals surface area contributed by atoms with Crippen molar-refractivity contribution in [2.24, 2.45) is 0 Å². The van der Waals surface area contributed by atoms with Crippen molar-refractivity contribution in [2.45, 2.75) is 12.8 Å². The highest BCUT2D eigenvalue weighted by atomic mass is 19.4. The third-order valence-electron chi connectivity index (χ3n) is 2.03. The first-order chi connectivity index (χ1) is 8.29. The monoisotopic (exact) mass is 268 g/mol. The molecule has 0 spiro atoms. The Bertz CT molecular complexity index is 579. The Labute approximate surface area is 95.9 Å². The van der Waals surface area contributed by atoms with Gasteiger partial charge in [-0.15, -0.1) is 5.10 Å². The van der Waals surface area contributed by atoms with Gasteiger partial charge in [-0.2, -0.15) is 22.0 Å². The fourth-order valence-electron chi connectivity index (χ4n) is 1.39. The zero-order valence-electron chi connectivity index (χ0n) is 8.45. The van der Waals surface area contributed by atoms with Crippen molar-refractivity contribution in [3.05, 3.63) is 17.7 Å². The van der Waals surface area contributed by atoms with Gasteiger partial charge in [-0.25, -0.2) is 0 Å². The number of nitrogen functional groups attached to an aromatic ring is 1. The van der Waals surface area contributed by atoms with Crippen LogP contribution in [0, 0.1) is 0 Å². The fraction of sp³-hybridized carbons (Fsp3) is 0.250. The van der Waals surface area contributed by atoms with E-state index in [1.807, 2.05) is 0 Å². The Balaban J connectivity index is 2.65. The fourth-order valence-corrected chi connectivity index (χ4v) is 1.39. The Morgan fingerprint density at radius 3 is 2.50 bits per heavy atom. The normalized spacial score (nSPS) is 12.3. The minimum absolute atomic E-state index is 0.200. The zero-order valence-corrected chi connectivity index (χ0v) is 8.45. The molecule has 0 aliphatic heterocycles. The minimum Gasteiger partial charge on any atom is -0.399 e. The number of aromatic nitrogens is 3. The van der Waals surface area contributed by atoms with E-state index in [0.717, 1.165) is 6.07 Å². The van der Waals surface area contributed by atoms with Gasteiger partial charge in [0.25, 0.3) is 0 Å². The molecular weight excluding hydrogens is 263 g/mol. The summed E-state index contributed by atoms with van der Waals surface area (Å²) in [6.45, 7) is -3.24. The number of halogens is 5. The number of fused-ring (bicyclic) bond motifs is 1. The first-order valence-electron chi connectivity index (χ1n) is 4.46. The third-order valence-corrected chi connectivity index (χ3v) is 2.03. The predicted molar refractivity (Wildman–Crippen MR) is 49.5 cm³/mol. The summed E-state index contributed by atoms with van der Waals surface area (Å²) in [6.07, 6.45) is -4.72. The number of anilines is 1. The number of alkyl halides is 5. The van der Waals surface area contributed by atoms with Crippen LogP contribution in [-0.2, 0) is 6.18 Å². The Morgan fingerprint density at radius 1 is 1.28 bits per heavy atom. The van der Waals surface area contributed by atoms with Crippen LogP contribution in [0.1, 0.15) is 5.56 Å². The maximum Gasteiger partial charge on any atom is 0.418 e. The molecule has 0 fully saturated rings. The second kappa shape index (κ2) is 3.96. The molecule has 1 heterocycles. The van der Waals surface area contributed by atoms with Crippen molar-refractivity contribution in [1.29, 1.82) is 0 Å². The lowest BCUT2D eigenvalue weighted by Crippen LogP contribution is -2.18. The molecule has 2 aromatic rings. The summed E-state index contributed by atoms with van der Waals surface area (Å²) in [6, 6.07) is 1.65. The number of rotatable bonds is 2. The molecule has 18 heavy (non-hydrogen) atoms. The van der Waals surface area contributed by atoms with Gasteiger partial charge in [0.05, 0.1) is 5.56 Å². The largest absolute Gasteiger partial charge is 0.418 e. The first-order valence-corrected chi connectivity index (χ1v) is 4.46. The van der Waals surface area contributed by atoms with Crippen molar-refractivity contribution >= 4 is 16.7 Å². The molecule has 1 aromatic heterocycles. The molecule has 0 amide bonds. The van der Waals surface area contributed by atoms with E-state index in [4.69, 9.17) is 5.73 Å². The summed E-state index contributed by atoms with van der Waals surface area (Å²) in [5.74, 6) is 0. The molecule has 98 valence electrons. The molecule has 5 nitrogen and oxygen atoms in total. The van der Waals surface area contributed by atoms with E-state index >= 15 is 0 Å². The summed E-state index contributed by atoms with van der Waals surface area (Å²) in [4.78, 5) is 4.08. The summed E-state index contributed by atoms with van der Waals surface area (Å²) in [7, 11) is 0. The maximum atomic E-state index is 12.6. The van der Waals surface area contributed by atoms with Crippen molar-refractivity contribution in [3.63, 3.8) is 0 Å². The van der Waals surface area contributed by atoms with Gasteiger partial charge in [-0.3, -0.25) is 0 Å². The number of nitrogens with two attached hydrogens (primary N) is 1. The number of benzene rings is 1. The maximum absolute atomic E-state index is 12.6. The van der Waals surface area contributed by atoms with E-state index in [2.05, 4.69) is 15.1 Å². The van der Waals surface area contributed by atoms with Gasteiger partial charge in [0.15, 0.2) is 0 Å². The average Bonchev–Trinajstić information content (AvgIpc) is 2.58. The van der Waals surface area contributed by atoms with Gasteiger partial charge in [-0.1, -0.05) is 4.85 Å². The standard InChI is InChI=1S/C8H5F5N4O/c9-7(10)18-17-5-2-3(14)1-4(8(11,12)13)6(5)15-16-17/h1-2,7H,14H2. The zero-order chi connectivity index (χ0) is 13.5. The Morgan fingerprint density at radius 2 is 1.94 bits per heavy atom. The molecule has 2 rings (SSSR count). The van der Waals surface area contributed by atoms with Crippen molar-refractivity contribution in [3.8, 4) is 0 Å². The van der Waals surface area contributed by atoms with Gasteiger partial charge >= 0.3 is 12.8 Å². The van der Waals surface area contributed by atoms with Gasteiger partial charge in [0.2, 0.25) is 0 Å². The molecule has 0 saturated heterocycles. The Kier molecular flexibility index (Phi) is 2.71. The van der Waals surface area contributed by atoms with E-state index in [1.54, 1.807) is 0 Å². The lowest BCUT2D eigenvalue weighted by Gasteiger charge is -2.08. The molecule has 0 atom stereocenters. The van der Waals surface area contributed by atoms with E-state index in [0.29, 0.717) is 6.07 Å². The summed E-state index contributed by atoms with van der Waals surface area (Å²) in [5.41, 5.74) is 2.84. The van der Waals surface area contributed by atoms with E-state index in [-0.39, 0.29) is 16.0 Å². The van der Waals surface area contributed by atoms with Crippen LogP contribution in [-0.4, -0.2) is 21.8 Å². The molecule has 0 radical (unpaired) electrons. The summed E-state index contributed by atoms with van der Waals surface area (Å²) < 4.78 is 61.9. The topological polar surface area (TPSA) is 66.0 Å². The van der Waals surface area contributed by atoms with E-state index in [1.165, 1.54) is 0 Å².